The molecule has 1 aromatic carbocycles. The number of hydrogen-bond acceptors (Lipinski definition) is 5. The molecule has 0 amide bonds. The van der Waals surface area contributed by atoms with Gasteiger partial charge in [-0.05, 0) is 35.0 Å². The van der Waals surface area contributed by atoms with E-state index in [1.54, 1.807) is 13.2 Å². The number of tetrazole rings is 1. The molecule has 0 radical (unpaired) electrons. The van der Waals surface area contributed by atoms with E-state index in [1.807, 2.05) is 6.92 Å². The smallest absolute Gasteiger partial charge is 0.170 e. The van der Waals surface area contributed by atoms with E-state index in [-0.39, 0.29) is 5.82 Å². The van der Waals surface area contributed by atoms with Gasteiger partial charge in [0.25, 0.3) is 0 Å². The number of methoxy groups -OCH3 is 1. The van der Waals surface area contributed by atoms with Crippen LogP contribution in [0.3, 0.4) is 0 Å². The number of ether oxygens (including phenoxy) is 1. The van der Waals surface area contributed by atoms with E-state index in [9.17, 15) is 4.39 Å². The Labute approximate surface area is 110 Å². The van der Waals surface area contributed by atoms with Gasteiger partial charge in [-0.25, -0.2) is 4.39 Å². The quantitative estimate of drug-likeness (QED) is 0.784. The third kappa shape index (κ3) is 3.33. The molecule has 0 unspecified atom stereocenters. The van der Waals surface area contributed by atoms with Crippen LogP contribution in [0.5, 0.6) is 0 Å². The zero-order valence-corrected chi connectivity index (χ0v) is 10.9. The van der Waals surface area contributed by atoms with Crippen LogP contribution in [0.2, 0.25) is 0 Å². The molecule has 0 aliphatic carbocycles. The molecule has 0 saturated heterocycles. The molecule has 2 aromatic rings. The lowest BCUT2D eigenvalue weighted by atomic mass is 10.2. The summed E-state index contributed by atoms with van der Waals surface area (Å²) in [6, 6.07) is 4.54. The van der Waals surface area contributed by atoms with Crippen molar-refractivity contribution in [3.63, 3.8) is 0 Å². The van der Waals surface area contributed by atoms with Gasteiger partial charge >= 0.3 is 0 Å². The monoisotopic (exact) mass is 265 g/mol. The SMILES string of the molecule is COCCNCc1nnnn1-c1cc(F)ccc1C. The Morgan fingerprint density at radius 1 is 1.42 bits per heavy atom. The van der Waals surface area contributed by atoms with Gasteiger partial charge in [0, 0.05) is 13.7 Å². The molecule has 7 heteroatoms. The summed E-state index contributed by atoms with van der Waals surface area (Å²) in [6.07, 6.45) is 0. The highest BCUT2D eigenvalue weighted by atomic mass is 19.1. The molecule has 0 bridgehead atoms. The molecule has 19 heavy (non-hydrogen) atoms. The van der Waals surface area contributed by atoms with Crippen molar-refractivity contribution in [3.05, 3.63) is 35.4 Å². The van der Waals surface area contributed by atoms with Crippen molar-refractivity contribution in [1.82, 2.24) is 25.5 Å². The number of nitrogens with one attached hydrogen (secondary N) is 1. The largest absolute Gasteiger partial charge is 0.383 e. The van der Waals surface area contributed by atoms with Gasteiger partial charge in [0.2, 0.25) is 0 Å². The minimum Gasteiger partial charge on any atom is -0.383 e. The Bertz CT molecular complexity index is 543. The highest BCUT2D eigenvalue weighted by Crippen LogP contribution is 2.15. The highest BCUT2D eigenvalue weighted by Gasteiger charge is 2.10. The first-order valence-electron chi connectivity index (χ1n) is 5.96. The zero-order valence-electron chi connectivity index (χ0n) is 10.9. The molecule has 0 aliphatic heterocycles. The fourth-order valence-corrected chi connectivity index (χ4v) is 1.69. The van der Waals surface area contributed by atoms with E-state index < -0.39 is 0 Å². The van der Waals surface area contributed by atoms with E-state index in [4.69, 9.17) is 4.74 Å². The number of aryl methyl sites for hydroxylation is 1. The molecule has 0 spiro atoms. The van der Waals surface area contributed by atoms with Gasteiger partial charge in [-0.15, -0.1) is 5.10 Å². The number of benzene rings is 1. The molecule has 1 aromatic heterocycles. The van der Waals surface area contributed by atoms with Crippen LogP contribution in [0.1, 0.15) is 11.4 Å². The fourth-order valence-electron chi connectivity index (χ4n) is 1.69. The zero-order chi connectivity index (χ0) is 13.7. The van der Waals surface area contributed by atoms with Crippen molar-refractivity contribution in [2.45, 2.75) is 13.5 Å². The minimum absolute atomic E-state index is 0.311. The van der Waals surface area contributed by atoms with Crippen molar-refractivity contribution in [2.75, 3.05) is 20.3 Å². The summed E-state index contributed by atoms with van der Waals surface area (Å²) in [5.41, 5.74) is 1.56. The van der Waals surface area contributed by atoms with Gasteiger partial charge in [-0.2, -0.15) is 4.68 Å². The maximum absolute atomic E-state index is 13.3. The Morgan fingerprint density at radius 2 is 2.26 bits per heavy atom. The Kier molecular flexibility index (Phi) is 4.53. The standard InChI is InChI=1S/C12H16FN5O/c1-9-3-4-10(13)7-11(9)18-12(15-16-17-18)8-14-5-6-19-2/h3-4,7,14H,5-6,8H2,1-2H3. The summed E-state index contributed by atoms with van der Waals surface area (Å²) in [4.78, 5) is 0. The molecule has 102 valence electrons. The Balaban J connectivity index is 2.16. The summed E-state index contributed by atoms with van der Waals surface area (Å²) in [7, 11) is 1.64. The van der Waals surface area contributed by atoms with E-state index in [2.05, 4.69) is 20.8 Å². The molecule has 2 rings (SSSR count). The Morgan fingerprint density at radius 3 is 3.05 bits per heavy atom. The van der Waals surface area contributed by atoms with Crippen LogP contribution < -0.4 is 5.32 Å². The lowest BCUT2D eigenvalue weighted by Crippen LogP contribution is -2.21. The number of rotatable bonds is 6. The minimum atomic E-state index is -0.311. The summed E-state index contributed by atoms with van der Waals surface area (Å²) in [5, 5.41) is 14.6. The summed E-state index contributed by atoms with van der Waals surface area (Å²) in [6.45, 7) is 3.69. The van der Waals surface area contributed by atoms with E-state index in [1.165, 1.54) is 16.8 Å². The third-order valence-corrected chi connectivity index (χ3v) is 2.70. The predicted octanol–water partition coefficient (Wildman–Crippen LogP) is 0.846. The van der Waals surface area contributed by atoms with Crippen molar-refractivity contribution in [3.8, 4) is 5.69 Å². The summed E-state index contributed by atoms with van der Waals surface area (Å²) < 4.78 is 19.8. The second kappa shape index (κ2) is 6.35. The van der Waals surface area contributed by atoms with Crippen LogP contribution in [0.4, 0.5) is 4.39 Å². The van der Waals surface area contributed by atoms with Gasteiger partial charge in [0.15, 0.2) is 5.82 Å². The first-order valence-corrected chi connectivity index (χ1v) is 5.96. The van der Waals surface area contributed by atoms with Crippen molar-refractivity contribution < 1.29 is 9.13 Å². The third-order valence-electron chi connectivity index (χ3n) is 2.70. The average Bonchev–Trinajstić information content (AvgIpc) is 2.86. The molecule has 1 heterocycles. The maximum Gasteiger partial charge on any atom is 0.170 e. The van der Waals surface area contributed by atoms with Crippen LogP contribution >= 0.6 is 0 Å². The lowest BCUT2D eigenvalue weighted by molar-refractivity contribution is 0.199. The van der Waals surface area contributed by atoms with Gasteiger partial charge < -0.3 is 10.1 Å². The second-order valence-electron chi connectivity index (χ2n) is 4.11. The van der Waals surface area contributed by atoms with Gasteiger partial charge in [-0.1, -0.05) is 6.07 Å². The topological polar surface area (TPSA) is 64.9 Å². The van der Waals surface area contributed by atoms with Gasteiger partial charge in [0.05, 0.1) is 18.8 Å². The predicted molar refractivity (Wildman–Crippen MR) is 67.4 cm³/mol. The molecule has 0 aliphatic rings. The molecule has 1 N–H and O–H groups in total. The van der Waals surface area contributed by atoms with Crippen molar-refractivity contribution in [2.24, 2.45) is 0 Å². The van der Waals surface area contributed by atoms with Crippen LogP contribution in [0.15, 0.2) is 18.2 Å². The van der Waals surface area contributed by atoms with Crippen LogP contribution in [-0.2, 0) is 11.3 Å². The summed E-state index contributed by atoms with van der Waals surface area (Å²) in [5.74, 6) is 0.319. The van der Waals surface area contributed by atoms with Crippen molar-refractivity contribution in [1.29, 1.82) is 0 Å². The van der Waals surface area contributed by atoms with Crippen LogP contribution in [-0.4, -0.2) is 40.5 Å². The number of aromatic nitrogens is 4. The van der Waals surface area contributed by atoms with E-state index >= 15 is 0 Å². The second-order valence-corrected chi connectivity index (χ2v) is 4.11. The van der Waals surface area contributed by atoms with Crippen molar-refractivity contribution >= 4 is 0 Å². The molecule has 0 atom stereocenters. The van der Waals surface area contributed by atoms with Crippen LogP contribution in [0.25, 0.3) is 5.69 Å². The number of nitrogens with zero attached hydrogens (tertiary/aromatic N) is 4. The molecule has 0 saturated carbocycles. The molecule has 0 fully saturated rings. The van der Waals surface area contributed by atoms with Crippen LogP contribution in [0, 0.1) is 12.7 Å². The molecular formula is C12H16FN5O. The Hall–Kier alpha value is -1.86. The average molecular weight is 265 g/mol. The van der Waals surface area contributed by atoms with E-state index in [0.717, 1.165) is 5.56 Å². The highest BCUT2D eigenvalue weighted by molar-refractivity contribution is 5.40. The maximum atomic E-state index is 13.3. The number of halogens is 1. The summed E-state index contributed by atoms with van der Waals surface area (Å²) >= 11 is 0. The first-order chi connectivity index (χ1) is 9.22. The fraction of sp³-hybridized carbons (Fsp3) is 0.417. The van der Waals surface area contributed by atoms with Gasteiger partial charge in [0.1, 0.15) is 5.82 Å². The molecular weight excluding hydrogens is 249 g/mol. The van der Waals surface area contributed by atoms with E-state index in [0.29, 0.717) is 31.2 Å². The van der Waals surface area contributed by atoms with Gasteiger partial charge in [-0.3, -0.25) is 0 Å². The lowest BCUT2D eigenvalue weighted by Gasteiger charge is -2.08. The normalized spacial score (nSPS) is 10.9. The first kappa shape index (κ1) is 13.6. The molecule has 6 nitrogen and oxygen atoms in total. The number of hydrogen-bond donors (Lipinski definition) is 1.